The molecule has 0 saturated heterocycles. The summed E-state index contributed by atoms with van der Waals surface area (Å²) in [7, 11) is 1.72. The first-order chi connectivity index (χ1) is 14.4. The monoisotopic (exact) mass is 432 g/mol. The van der Waals surface area contributed by atoms with Crippen LogP contribution in [0.2, 0.25) is 0 Å². The molecule has 0 amide bonds. The highest BCUT2D eigenvalue weighted by Gasteiger charge is 2.20. The van der Waals surface area contributed by atoms with Gasteiger partial charge in [-0.1, -0.05) is 6.07 Å². The number of guanidine groups is 1. The number of pyridine rings is 1. The van der Waals surface area contributed by atoms with Gasteiger partial charge in [0.25, 0.3) is 0 Å². The summed E-state index contributed by atoms with van der Waals surface area (Å²) in [4.78, 5) is 28.1. The van der Waals surface area contributed by atoms with Crippen molar-refractivity contribution in [1.29, 1.82) is 0 Å². The quantitative estimate of drug-likeness (QED) is 0.357. The molecule has 2 rings (SSSR count). The SMILES string of the molecule is CCOC(=O)c1sc(C(C)NC(=NC)NCc2ccc(N(CC)CC)nc2)nc1C. The second-order valence-corrected chi connectivity index (χ2v) is 7.71. The van der Waals surface area contributed by atoms with E-state index in [9.17, 15) is 4.79 Å². The Labute approximate surface area is 182 Å². The van der Waals surface area contributed by atoms with Gasteiger partial charge in [0.2, 0.25) is 0 Å². The number of rotatable bonds is 9. The zero-order chi connectivity index (χ0) is 22.1. The van der Waals surface area contributed by atoms with E-state index in [1.165, 1.54) is 11.3 Å². The number of esters is 1. The fourth-order valence-electron chi connectivity index (χ4n) is 2.89. The molecule has 0 fully saturated rings. The van der Waals surface area contributed by atoms with E-state index < -0.39 is 0 Å². The van der Waals surface area contributed by atoms with E-state index >= 15 is 0 Å². The second-order valence-electron chi connectivity index (χ2n) is 6.68. The largest absolute Gasteiger partial charge is 0.462 e. The molecule has 0 spiro atoms. The Bertz CT molecular complexity index is 846. The van der Waals surface area contributed by atoms with Crippen LogP contribution >= 0.6 is 11.3 Å². The lowest BCUT2D eigenvalue weighted by molar-refractivity contribution is 0.0531. The van der Waals surface area contributed by atoms with E-state index in [0.29, 0.717) is 29.7 Å². The highest BCUT2D eigenvalue weighted by Crippen LogP contribution is 2.24. The summed E-state index contributed by atoms with van der Waals surface area (Å²) in [6, 6.07) is 4.00. The number of thiazole rings is 1. The van der Waals surface area contributed by atoms with Crippen LogP contribution in [0.3, 0.4) is 0 Å². The number of aliphatic imine (C=N–C) groups is 1. The number of aromatic nitrogens is 2. The predicted molar refractivity (Wildman–Crippen MR) is 122 cm³/mol. The number of aryl methyl sites for hydroxylation is 1. The minimum absolute atomic E-state index is 0.105. The first-order valence-electron chi connectivity index (χ1n) is 10.2. The number of hydrogen-bond donors (Lipinski definition) is 2. The summed E-state index contributed by atoms with van der Waals surface area (Å²) >= 11 is 1.35. The Morgan fingerprint density at radius 3 is 2.60 bits per heavy atom. The van der Waals surface area contributed by atoms with Crippen LogP contribution in [0.5, 0.6) is 0 Å². The molecule has 2 heterocycles. The molecule has 30 heavy (non-hydrogen) atoms. The van der Waals surface area contributed by atoms with Gasteiger partial charge < -0.3 is 20.3 Å². The van der Waals surface area contributed by atoms with Gasteiger partial charge in [-0.25, -0.2) is 14.8 Å². The van der Waals surface area contributed by atoms with Crippen molar-refractivity contribution in [2.24, 2.45) is 4.99 Å². The number of nitrogens with one attached hydrogen (secondary N) is 2. The van der Waals surface area contributed by atoms with Crippen LogP contribution in [0, 0.1) is 6.92 Å². The van der Waals surface area contributed by atoms with Gasteiger partial charge in [0.15, 0.2) is 5.96 Å². The van der Waals surface area contributed by atoms with Gasteiger partial charge in [0, 0.05) is 32.9 Å². The third-order valence-electron chi connectivity index (χ3n) is 4.58. The minimum atomic E-state index is -0.325. The molecule has 1 unspecified atom stereocenters. The van der Waals surface area contributed by atoms with E-state index in [4.69, 9.17) is 4.74 Å². The summed E-state index contributed by atoms with van der Waals surface area (Å²) in [5.74, 6) is 1.31. The topological polar surface area (TPSA) is 91.7 Å². The molecule has 0 saturated carbocycles. The van der Waals surface area contributed by atoms with Crippen LogP contribution in [0.25, 0.3) is 0 Å². The molecule has 2 aromatic rings. The van der Waals surface area contributed by atoms with E-state index in [-0.39, 0.29) is 12.0 Å². The van der Waals surface area contributed by atoms with Gasteiger partial charge >= 0.3 is 5.97 Å². The summed E-state index contributed by atoms with van der Waals surface area (Å²) in [5, 5.41) is 7.43. The molecule has 2 N–H and O–H groups in total. The van der Waals surface area contributed by atoms with Crippen LogP contribution in [0.4, 0.5) is 5.82 Å². The number of anilines is 1. The van der Waals surface area contributed by atoms with Gasteiger partial charge in [-0.05, 0) is 46.2 Å². The third-order valence-corrected chi connectivity index (χ3v) is 5.90. The molecule has 1 atom stereocenters. The van der Waals surface area contributed by atoms with Gasteiger partial charge in [-0.3, -0.25) is 4.99 Å². The number of hydrogen-bond acceptors (Lipinski definition) is 7. The zero-order valence-corrected chi connectivity index (χ0v) is 19.5. The second kappa shape index (κ2) is 11.5. The molecule has 0 aliphatic carbocycles. The average Bonchev–Trinajstić information content (AvgIpc) is 3.15. The van der Waals surface area contributed by atoms with Crippen molar-refractivity contribution in [3.63, 3.8) is 0 Å². The first kappa shape index (κ1) is 23.6. The standard InChI is InChI=1S/C21H32N6O2S/c1-7-27(8-2)17-11-10-16(12-23-17)13-24-21(22-6)26-15(5)19-25-14(4)18(30-19)20(28)29-9-3/h10-12,15H,7-9,13H2,1-6H3,(H2,22,24,26). The molecule has 0 bridgehead atoms. The van der Waals surface area contributed by atoms with E-state index in [0.717, 1.165) is 29.5 Å². The maximum absolute atomic E-state index is 12.0. The molecular formula is C21H32N6O2S. The lowest BCUT2D eigenvalue weighted by Crippen LogP contribution is -2.38. The maximum Gasteiger partial charge on any atom is 0.350 e. The van der Waals surface area contributed by atoms with Crippen molar-refractivity contribution >= 4 is 29.1 Å². The van der Waals surface area contributed by atoms with Crippen molar-refractivity contribution in [3.05, 3.63) is 39.5 Å². The predicted octanol–water partition coefficient (Wildman–Crippen LogP) is 3.30. The Kier molecular flexibility index (Phi) is 9.04. The molecule has 0 radical (unpaired) electrons. The van der Waals surface area contributed by atoms with Crippen molar-refractivity contribution in [2.75, 3.05) is 31.6 Å². The maximum atomic E-state index is 12.0. The van der Waals surface area contributed by atoms with E-state index in [2.05, 4.69) is 50.4 Å². The van der Waals surface area contributed by atoms with Crippen LogP contribution < -0.4 is 15.5 Å². The lowest BCUT2D eigenvalue weighted by atomic mass is 10.2. The summed E-state index contributed by atoms with van der Waals surface area (Å²) in [6.07, 6.45) is 1.88. The van der Waals surface area contributed by atoms with Crippen LogP contribution in [0.1, 0.15) is 59.7 Å². The Morgan fingerprint density at radius 1 is 1.30 bits per heavy atom. The fourth-order valence-corrected chi connectivity index (χ4v) is 3.85. The highest BCUT2D eigenvalue weighted by atomic mass is 32.1. The summed E-state index contributed by atoms with van der Waals surface area (Å²) in [5.41, 5.74) is 1.75. The Balaban J connectivity index is 1.96. The van der Waals surface area contributed by atoms with E-state index in [1.54, 1.807) is 14.0 Å². The van der Waals surface area contributed by atoms with Crippen molar-refractivity contribution in [3.8, 4) is 0 Å². The van der Waals surface area contributed by atoms with Gasteiger partial charge in [0.1, 0.15) is 15.7 Å². The average molecular weight is 433 g/mol. The highest BCUT2D eigenvalue weighted by molar-refractivity contribution is 7.13. The molecule has 0 aliphatic heterocycles. The van der Waals surface area contributed by atoms with Crippen molar-refractivity contribution in [1.82, 2.24) is 20.6 Å². The molecule has 8 nitrogen and oxygen atoms in total. The summed E-state index contributed by atoms with van der Waals surface area (Å²) in [6.45, 7) is 12.7. The molecule has 0 aromatic carbocycles. The normalized spacial score (nSPS) is 12.4. The van der Waals surface area contributed by atoms with Crippen molar-refractivity contribution in [2.45, 2.75) is 47.2 Å². The van der Waals surface area contributed by atoms with Crippen LogP contribution in [-0.2, 0) is 11.3 Å². The smallest absolute Gasteiger partial charge is 0.350 e. The van der Waals surface area contributed by atoms with Gasteiger partial charge in [-0.15, -0.1) is 11.3 Å². The van der Waals surface area contributed by atoms with Crippen molar-refractivity contribution < 1.29 is 9.53 Å². The number of carbonyl (C=O) groups is 1. The fraction of sp³-hybridized carbons (Fsp3) is 0.524. The number of nitrogens with zero attached hydrogens (tertiary/aromatic N) is 4. The van der Waals surface area contributed by atoms with E-state index in [1.807, 2.05) is 26.1 Å². The molecule has 2 aromatic heterocycles. The molecule has 9 heteroatoms. The molecular weight excluding hydrogens is 400 g/mol. The Hall–Kier alpha value is -2.68. The third kappa shape index (κ3) is 6.16. The molecule has 164 valence electrons. The zero-order valence-electron chi connectivity index (χ0n) is 18.7. The number of ether oxygens (including phenoxy) is 1. The lowest BCUT2D eigenvalue weighted by Gasteiger charge is -2.20. The first-order valence-corrected chi connectivity index (χ1v) is 11.1. The molecule has 0 aliphatic rings. The van der Waals surface area contributed by atoms with Crippen LogP contribution in [0.15, 0.2) is 23.3 Å². The van der Waals surface area contributed by atoms with Gasteiger partial charge in [-0.2, -0.15) is 0 Å². The Morgan fingerprint density at radius 2 is 2.03 bits per heavy atom. The van der Waals surface area contributed by atoms with Crippen LogP contribution in [-0.4, -0.2) is 48.6 Å². The van der Waals surface area contributed by atoms with Gasteiger partial charge in [0.05, 0.1) is 18.3 Å². The summed E-state index contributed by atoms with van der Waals surface area (Å²) < 4.78 is 5.10. The number of carbonyl (C=O) groups excluding carboxylic acids is 1. The minimum Gasteiger partial charge on any atom is -0.462 e.